The number of pyridine rings is 1. The molecule has 3 aromatic heterocycles. The highest BCUT2D eigenvalue weighted by molar-refractivity contribution is 8.13. The van der Waals surface area contributed by atoms with Crippen LogP contribution in [0.15, 0.2) is 86.1 Å². The first kappa shape index (κ1) is 24.8. The van der Waals surface area contributed by atoms with Crippen LogP contribution in [0.5, 0.6) is 0 Å². The molecule has 2 amide bonds. The third kappa shape index (κ3) is 4.88. The molecule has 0 bridgehead atoms. The topological polar surface area (TPSA) is 122 Å². The Bertz CT molecular complexity index is 1710. The molecule has 0 saturated carbocycles. The van der Waals surface area contributed by atoms with Crippen molar-refractivity contribution in [1.29, 1.82) is 0 Å². The van der Waals surface area contributed by atoms with E-state index in [2.05, 4.69) is 10.3 Å². The van der Waals surface area contributed by atoms with Crippen molar-refractivity contribution in [3.05, 3.63) is 100.0 Å². The van der Waals surface area contributed by atoms with Crippen molar-refractivity contribution in [2.75, 3.05) is 0 Å². The highest BCUT2D eigenvalue weighted by Crippen LogP contribution is 2.35. The van der Waals surface area contributed by atoms with Crippen molar-refractivity contribution in [1.82, 2.24) is 19.6 Å². The predicted molar refractivity (Wildman–Crippen MR) is 148 cm³/mol. The summed E-state index contributed by atoms with van der Waals surface area (Å²) in [6.45, 7) is 2.15. The molecule has 1 aromatic carbocycles. The summed E-state index contributed by atoms with van der Waals surface area (Å²) in [5.74, 6) is 1.11. The molecule has 4 aromatic rings. The second kappa shape index (κ2) is 10.3. The van der Waals surface area contributed by atoms with Crippen LogP contribution < -0.4 is 10.9 Å². The van der Waals surface area contributed by atoms with Crippen molar-refractivity contribution in [2.45, 2.75) is 38.1 Å². The molecule has 2 aliphatic heterocycles. The summed E-state index contributed by atoms with van der Waals surface area (Å²) >= 11 is 1.32. The molecular weight excluding hydrogens is 516 g/mol. The van der Waals surface area contributed by atoms with Gasteiger partial charge >= 0.3 is 0 Å². The molecular formula is C28H24N6O4S. The van der Waals surface area contributed by atoms with Crippen LogP contribution in [0.2, 0.25) is 0 Å². The molecule has 0 radical (unpaired) electrons. The number of thioether (sulfide) groups is 1. The third-order valence-corrected chi connectivity index (χ3v) is 7.49. The van der Waals surface area contributed by atoms with Gasteiger partial charge in [-0.1, -0.05) is 30.0 Å². The van der Waals surface area contributed by atoms with Crippen molar-refractivity contribution in [3.8, 4) is 0 Å². The van der Waals surface area contributed by atoms with Gasteiger partial charge in [0.05, 0.1) is 24.2 Å². The molecule has 0 unspecified atom stereocenters. The quantitative estimate of drug-likeness (QED) is 0.382. The van der Waals surface area contributed by atoms with E-state index in [4.69, 9.17) is 14.4 Å². The Hall–Kier alpha value is -4.51. The zero-order chi connectivity index (χ0) is 26.9. The van der Waals surface area contributed by atoms with E-state index >= 15 is 0 Å². The van der Waals surface area contributed by atoms with Gasteiger partial charge in [0, 0.05) is 29.5 Å². The number of hydrogen-bond donors (Lipinski definition) is 1. The number of aryl methyl sites for hydroxylation is 1. The van der Waals surface area contributed by atoms with Crippen LogP contribution in [0.1, 0.15) is 35.6 Å². The van der Waals surface area contributed by atoms with E-state index in [0.717, 1.165) is 11.3 Å². The lowest BCUT2D eigenvalue weighted by atomic mass is 10.1. The number of nitrogens with one attached hydrogen (secondary N) is 1. The molecule has 2 aliphatic rings. The molecule has 0 fully saturated rings. The van der Waals surface area contributed by atoms with Crippen LogP contribution in [0.4, 0.5) is 5.69 Å². The minimum Gasteiger partial charge on any atom is -0.467 e. The number of amides is 2. The second-order valence-electron chi connectivity index (χ2n) is 9.18. The standard InChI is InChI=1S/C28H24N6O4S/c1-17-6-4-10-23-30-18(14-25(36)33(17)23)16-39-28-32-21-9-3-2-8-20(21)26-31-22(27(37)34(26)28)11-12-24(35)29-15-19-7-5-13-38-19/h2-10,13-14,22H,11-12,15-16H2,1H3,(H,29,35)/t22-/m0/s1. The SMILES string of the molecule is Cc1cccc2nc(CSC3=Nc4ccccc4C4=N[C@@H](CCC(=O)NCc5ccco5)C(=O)N34)cc(=O)n12. The predicted octanol–water partition coefficient (Wildman–Crippen LogP) is 3.58. The van der Waals surface area contributed by atoms with E-state index in [1.807, 2.05) is 43.3 Å². The lowest BCUT2D eigenvalue weighted by molar-refractivity contribution is -0.125. The van der Waals surface area contributed by atoms with Gasteiger partial charge in [0.25, 0.3) is 11.5 Å². The van der Waals surface area contributed by atoms with Gasteiger partial charge in [-0.2, -0.15) is 0 Å². The van der Waals surface area contributed by atoms with Crippen LogP contribution in [-0.2, 0) is 21.9 Å². The number of furan rings is 1. The van der Waals surface area contributed by atoms with E-state index in [-0.39, 0.29) is 36.8 Å². The number of amidine groups is 2. The normalized spacial score (nSPS) is 16.1. The summed E-state index contributed by atoms with van der Waals surface area (Å²) in [5, 5.41) is 3.27. The average Bonchev–Trinajstić information content (AvgIpc) is 3.57. The van der Waals surface area contributed by atoms with Crippen LogP contribution in [0, 0.1) is 6.92 Å². The summed E-state index contributed by atoms with van der Waals surface area (Å²) in [4.78, 5) is 54.2. The number of fused-ring (bicyclic) bond motifs is 4. The Kier molecular flexibility index (Phi) is 6.57. The molecule has 10 nitrogen and oxygen atoms in total. The number of aliphatic imine (C=N–C) groups is 2. The Labute approximate surface area is 227 Å². The summed E-state index contributed by atoms with van der Waals surface area (Å²) in [7, 11) is 0. The molecule has 5 heterocycles. The first-order chi connectivity index (χ1) is 19.0. The third-order valence-electron chi connectivity index (χ3n) is 6.51. The largest absolute Gasteiger partial charge is 0.467 e. The van der Waals surface area contributed by atoms with Crippen LogP contribution >= 0.6 is 11.8 Å². The molecule has 1 N–H and O–H groups in total. The first-order valence-corrected chi connectivity index (χ1v) is 13.5. The minimum atomic E-state index is -0.697. The Morgan fingerprint density at radius 2 is 1.97 bits per heavy atom. The number of hydrogen-bond acceptors (Lipinski definition) is 8. The zero-order valence-corrected chi connectivity index (χ0v) is 21.9. The number of carbonyl (C=O) groups excluding carboxylic acids is 2. The van der Waals surface area contributed by atoms with E-state index < -0.39 is 6.04 Å². The van der Waals surface area contributed by atoms with Gasteiger partial charge in [-0.25, -0.2) is 14.9 Å². The van der Waals surface area contributed by atoms with Gasteiger partial charge in [0.15, 0.2) is 5.17 Å². The maximum atomic E-state index is 13.5. The van der Waals surface area contributed by atoms with Crippen LogP contribution in [-0.4, -0.2) is 43.1 Å². The van der Waals surface area contributed by atoms with Crippen LogP contribution in [0.25, 0.3) is 5.65 Å². The van der Waals surface area contributed by atoms with Crippen LogP contribution in [0.3, 0.4) is 0 Å². The fourth-order valence-electron chi connectivity index (χ4n) is 4.62. The molecule has 39 heavy (non-hydrogen) atoms. The number of benzene rings is 1. The monoisotopic (exact) mass is 540 g/mol. The molecule has 11 heteroatoms. The maximum Gasteiger partial charge on any atom is 0.259 e. The molecule has 0 aliphatic carbocycles. The summed E-state index contributed by atoms with van der Waals surface area (Å²) in [6.07, 6.45) is 1.97. The van der Waals surface area contributed by atoms with Crippen molar-refractivity contribution >= 4 is 45.9 Å². The summed E-state index contributed by atoms with van der Waals surface area (Å²) < 4.78 is 6.80. The number of nitrogens with zero attached hydrogens (tertiary/aromatic N) is 5. The fraction of sp³-hybridized carbons (Fsp3) is 0.214. The van der Waals surface area contributed by atoms with Gasteiger partial charge in [0.2, 0.25) is 5.91 Å². The second-order valence-corrected chi connectivity index (χ2v) is 10.1. The lowest BCUT2D eigenvalue weighted by Gasteiger charge is -2.25. The van der Waals surface area contributed by atoms with Crippen molar-refractivity contribution < 1.29 is 14.0 Å². The zero-order valence-electron chi connectivity index (χ0n) is 21.0. The van der Waals surface area contributed by atoms with E-state index in [1.54, 1.807) is 28.9 Å². The highest BCUT2D eigenvalue weighted by atomic mass is 32.2. The van der Waals surface area contributed by atoms with Gasteiger partial charge in [-0.05, 0) is 49.7 Å². The number of para-hydroxylation sites is 1. The Morgan fingerprint density at radius 1 is 1.10 bits per heavy atom. The number of aromatic nitrogens is 2. The van der Waals surface area contributed by atoms with E-state index in [9.17, 15) is 14.4 Å². The smallest absolute Gasteiger partial charge is 0.259 e. The molecule has 1 atom stereocenters. The first-order valence-electron chi connectivity index (χ1n) is 12.5. The van der Waals surface area contributed by atoms with Gasteiger partial charge in [-0.3, -0.25) is 23.8 Å². The molecule has 196 valence electrons. The number of rotatable bonds is 7. The minimum absolute atomic E-state index is 0.146. The van der Waals surface area contributed by atoms with E-state index in [0.29, 0.717) is 39.5 Å². The fourth-order valence-corrected chi connectivity index (χ4v) is 5.51. The molecule has 0 spiro atoms. The lowest BCUT2D eigenvalue weighted by Crippen LogP contribution is -2.41. The van der Waals surface area contributed by atoms with Gasteiger partial charge in [0.1, 0.15) is 23.3 Å². The van der Waals surface area contributed by atoms with Crippen molar-refractivity contribution in [3.63, 3.8) is 0 Å². The maximum absolute atomic E-state index is 13.5. The number of carbonyl (C=O) groups is 2. The highest BCUT2D eigenvalue weighted by Gasteiger charge is 2.41. The Morgan fingerprint density at radius 3 is 2.82 bits per heavy atom. The van der Waals surface area contributed by atoms with E-state index in [1.165, 1.54) is 22.7 Å². The molecule has 0 saturated heterocycles. The Balaban J connectivity index is 1.20. The molecule has 6 rings (SSSR count). The van der Waals surface area contributed by atoms with Gasteiger partial charge in [-0.15, -0.1) is 0 Å². The summed E-state index contributed by atoms with van der Waals surface area (Å²) in [5.41, 5.74) is 3.28. The average molecular weight is 541 g/mol. The van der Waals surface area contributed by atoms with Gasteiger partial charge < -0.3 is 9.73 Å². The van der Waals surface area contributed by atoms with Crippen molar-refractivity contribution in [2.24, 2.45) is 9.98 Å². The summed E-state index contributed by atoms with van der Waals surface area (Å²) in [6, 6.07) is 17.4.